The lowest BCUT2D eigenvalue weighted by atomic mass is 9.72. The summed E-state index contributed by atoms with van der Waals surface area (Å²) in [4.78, 5) is 11.5. The van der Waals surface area contributed by atoms with E-state index in [9.17, 15) is 4.79 Å². The molecule has 1 aliphatic carbocycles. The Hall–Kier alpha value is -2.09. The zero-order chi connectivity index (χ0) is 17.1. The van der Waals surface area contributed by atoms with Crippen LogP contribution < -0.4 is 0 Å². The molecular formula is C22H26O2. The molecule has 3 rings (SSSR count). The number of esters is 1. The molecule has 1 aliphatic rings. The van der Waals surface area contributed by atoms with Gasteiger partial charge in [0.25, 0.3) is 0 Å². The Kier molecular flexibility index (Phi) is 5.03. The number of carbonyl (C=O) groups excluding carboxylic acids is 1. The van der Waals surface area contributed by atoms with Gasteiger partial charge in [-0.3, -0.25) is 4.79 Å². The molecule has 0 spiro atoms. The quantitative estimate of drug-likeness (QED) is 0.718. The van der Waals surface area contributed by atoms with Crippen LogP contribution in [0.25, 0.3) is 0 Å². The average Bonchev–Trinajstić information content (AvgIpc) is 2.55. The molecular weight excluding hydrogens is 296 g/mol. The first-order chi connectivity index (χ1) is 11.5. The fourth-order valence-corrected chi connectivity index (χ4v) is 4.20. The molecule has 1 saturated carbocycles. The van der Waals surface area contributed by atoms with Crippen molar-refractivity contribution in [3.05, 3.63) is 70.8 Å². The van der Waals surface area contributed by atoms with Gasteiger partial charge in [0.05, 0.1) is 0 Å². The average molecular weight is 322 g/mol. The third kappa shape index (κ3) is 3.69. The van der Waals surface area contributed by atoms with Crippen LogP contribution in [0.2, 0.25) is 0 Å². The molecule has 0 saturated heterocycles. The first-order valence-corrected chi connectivity index (χ1v) is 8.83. The number of hydrogen-bond acceptors (Lipinski definition) is 2. The summed E-state index contributed by atoms with van der Waals surface area (Å²) in [6, 6.07) is 17.2. The molecule has 0 aromatic heterocycles. The third-order valence-electron chi connectivity index (χ3n) is 5.25. The Labute approximate surface area is 144 Å². The smallest absolute Gasteiger partial charge is 0.302 e. The lowest BCUT2D eigenvalue weighted by molar-refractivity contribution is -0.148. The van der Waals surface area contributed by atoms with Gasteiger partial charge in [-0.25, -0.2) is 0 Å². The minimum Gasteiger partial charge on any atom is -0.463 e. The topological polar surface area (TPSA) is 26.3 Å². The summed E-state index contributed by atoms with van der Waals surface area (Å²) in [5, 5.41) is 0. The maximum Gasteiger partial charge on any atom is 0.302 e. The molecule has 0 heterocycles. The maximum absolute atomic E-state index is 11.5. The van der Waals surface area contributed by atoms with Crippen molar-refractivity contribution in [1.29, 1.82) is 0 Å². The molecule has 0 amide bonds. The second-order valence-corrected chi connectivity index (χ2v) is 7.05. The van der Waals surface area contributed by atoms with Crippen molar-refractivity contribution in [2.75, 3.05) is 0 Å². The van der Waals surface area contributed by atoms with Crippen LogP contribution in [0.5, 0.6) is 0 Å². The van der Waals surface area contributed by atoms with E-state index in [1.165, 1.54) is 29.2 Å². The minimum absolute atomic E-state index is 0.00506. The van der Waals surface area contributed by atoms with E-state index >= 15 is 0 Å². The Morgan fingerprint density at radius 1 is 0.833 bits per heavy atom. The molecule has 24 heavy (non-hydrogen) atoms. The van der Waals surface area contributed by atoms with E-state index in [4.69, 9.17) is 4.74 Å². The maximum atomic E-state index is 11.5. The zero-order valence-corrected chi connectivity index (χ0v) is 14.8. The highest BCUT2D eigenvalue weighted by molar-refractivity contribution is 5.66. The van der Waals surface area contributed by atoms with Crippen LogP contribution in [0.3, 0.4) is 0 Å². The van der Waals surface area contributed by atoms with Crippen LogP contribution in [0, 0.1) is 13.8 Å². The molecule has 0 bridgehead atoms. The highest BCUT2D eigenvalue weighted by Gasteiger charge is 2.33. The number of rotatable bonds is 3. The molecule has 2 atom stereocenters. The minimum atomic E-state index is -0.172. The summed E-state index contributed by atoms with van der Waals surface area (Å²) < 4.78 is 5.64. The molecule has 2 unspecified atom stereocenters. The van der Waals surface area contributed by atoms with E-state index < -0.39 is 0 Å². The van der Waals surface area contributed by atoms with Crippen LogP contribution in [-0.2, 0) is 9.53 Å². The second-order valence-electron chi connectivity index (χ2n) is 7.05. The van der Waals surface area contributed by atoms with Gasteiger partial charge in [0.1, 0.15) is 6.10 Å². The van der Waals surface area contributed by atoms with Crippen LogP contribution >= 0.6 is 0 Å². The van der Waals surface area contributed by atoms with Gasteiger partial charge in [0.2, 0.25) is 0 Å². The summed E-state index contributed by atoms with van der Waals surface area (Å²) in [6.45, 7) is 5.86. The van der Waals surface area contributed by atoms with Crippen molar-refractivity contribution in [1.82, 2.24) is 0 Å². The molecule has 0 aliphatic heterocycles. The first kappa shape index (κ1) is 16.8. The van der Waals surface area contributed by atoms with E-state index in [0.29, 0.717) is 11.8 Å². The van der Waals surface area contributed by atoms with Crippen molar-refractivity contribution >= 4 is 5.97 Å². The molecule has 2 heteroatoms. The molecule has 126 valence electrons. The van der Waals surface area contributed by atoms with E-state index in [2.05, 4.69) is 62.4 Å². The van der Waals surface area contributed by atoms with Crippen molar-refractivity contribution in [3.63, 3.8) is 0 Å². The molecule has 1 fully saturated rings. The first-order valence-electron chi connectivity index (χ1n) is 8.83. The van der Waals surface area contributed by atoms with Crippen molar-refractivity contribution in [2.24, 2.45) is 0 Å². The van der Waals surface area contributed by atoms with Crippen molar-refractivity contribution in [3.8, 4) is 0 Å². The predicted molar refractivity (Wildman–Crippen MR) is 97.2 cm³/mol. The Bertz CT molecular complexity index is 666. The molecule has 2 aromatic carbocycles. The van der Waals surface area contributed by atoms with Gasteiger partial charge in [-0.05, 0) is 67.2 Å². The standard InChI is InChI=1S/C22H26O2/c1-15-8-4-6-10-21(15)18-12-19(14-20(13-18)24-17(3)23)22-11-7-5-9-16(22)2/h4-11,18-20H,12-14H2,1-3H3. The van der Waals surface area contributed by atoms with Gasteiger partial charge in [0, 0.05) is 6.92 Å². The van der Waals surface area contributed by atoms with Gasteiger partial charge < -0.3 is 4.74 Å². The van der Waals surface area contributed by atoms with E-state index in [0.717, 1.165) is 19.3 Å². The van der Waals surface area contributed by atoms with E-state index in [-0.39, 0.29) is 12.1 Å². The highest BCUT2D eigenvalue weighted by Crippen LogP contribution is 2.43. The summed E-state index contributed by atoms with van der Waals surface area (Å²) in [5.41, 5.74) is 5.45. The van der Waals surface area contributed by atoms with Crippen LogP contribution in [-0.4, -0.2) is 12.1 Å². The van der Waals surface area contributed by atoms with Gasteiger partial charge in [-0.1, -0.05) is 48.5 Å². The van der Waals surface area contributed by atoms with Crippen LogP contribution in [0.4, 0.5) is 0 Å². The summed E-state index contributed by atoms with van der Waals surface area (Å²) in [7, 11) is 0. The third-order valence-corrected chi connectivity index (χ3v) is 5.25. The molecule has 0 radical (unpaired) electrons. The van der Waals surface area contributed by atoms with Crippen LogP contribution in [0.15, 0.2) is 48.5 Å². The number of hydrogen-bond donors (Lipinski definition) is 0. The predicted octanol–water partition coefficient (Wildman–Crippen LogP) is 5.29. The Morgan fingerprint density at radius 3 is 1.71 bits per heavy atom. The number of carbonyl (C=O) groups is 1. The monoisotopic (exact) mass is 322 g/mol. The highest BCUT2D eigenvalue weighted by atomic mass is 16.5. The summed E-state index contributed by atoms with van der Waals surface area (Å²) in [6.07, 6.45) is 2.97. The molecule has 2 nitrogen and oxygen atoms in total. The normalized spacial score (nSPS) is 23.7. The van der Waals surface area contributed by atoms with Crippen LogP contribution in [0.1, 0.15) is 60.3 Å². The van der Waals surface area contributed by atoms with Gasteiger partial charge in [-0.2, -0.15) is 0 Å². The summed E-state index contributed by atoms with van der Waals surface area (Å²) in [5.74, 6) is 0.705. The van der Waals surface area contributed by atoms with Crippen molar-refractivity contribution in [2.45, 2.75) is 58.0 Å². The Balaban J connectivity index is 1.91. The summed E-state index contributed by atoms with van der Waals surface area (Å²) >= 11 is 0. The van der Waals surface area contributed by atoms with Crippen molar-refractivity contribution < 1.29 is 9.53 Å². The fourth-order valence-electron chi connectivity index (χ4n) is 4.20. The second kappa shape index (κ2) is 7.21. The SMILES string of the molecule is CC(=O)OC1CC(c2ccccc2C)CC(c2ccccc2C)C1. The zero-order valence-electron chi connectivity index (χ0n) is 14.8. The lowest BCUT2D eigenvalue weighted by Crippen LogP contribution is -2.28. The van der Waals surface area contributed by atoms with E-state index in [1.54, 1.807) is 0 Å². The Morgan fingerprint density at radius 2 is 1.29 bits per heavy atom. The molecule has 2 aromatic rings. The lowest BCUT2D eigenvalue weighted by Gasteiger charge is -2.36. The number of benzene rings is 2. The van der Waals surface area contributed by atoms with Gasteiger partial charge in [-0.15, -0.1) is 0 Å². The number of aryl methyl sites for hydroxylation is 2. The number of ether oxygens (including phenoxy) is 1. The van der Waals surface area contributed by atoms with Gasteiger partial charge in [0.15, 0.2) is 0 Å². The van der Waals surface area contributed by atoms with E-state index in [1.807, 2.05) is 0 Å². The van der Waals surface area contributed by atoms with Gasteiger partial charge >= 0.3 is 5.97 Å². The fraction of sp³-hybridized carbons (Fsp3) is 0.409. The molecule has 0 N–H and O–H groups in total. The largest absolute Gasteiger partial charge is 0.463 e.